The van der Waals surface area contributed by atoms with E-state index < -0.39 is 0 Å². The molecule has 2 aliphatic rings. The molecule has 1 unspecified atom stereocenters. The number of halogens is 1. The first-order valence-electron chi connectivity index (χ1n) is 7.92. The van der Waals surface area contributed by atoms with E-state index >= 15 is 0 Å². The predicted molar refractivity (Wildman–Crippen MR) is 87.2 cm³/mol. The molecule has 0 amide bonds. The summed E-state index contributed by atoms with van der Waals surface area (Å²) in [6.07, 6.45) is 12.1. The predicted octanol–water partition coefficient (Wildman–Crippen LogP) is 3.69. The zero-order valence-corrected chi connectivity index (χ0v) is 13.7. The minimum absolute atomic E-state index is 0.737. The molecule has 0 spiro atoms. The second-order valence-corrected chi connectivity index (χ2v) is 6.97. The molecule has 3 heterocycles. The summed E-state index contributed by atoms with van der Waals surface area (Å²) in [5, 5.41) is 0. The van der Waals surface area contributed by atoms with Crippen molar-refractivity contribution in [2.45, 2.75) is 44.6 Å². The number of rotatable bonds is 2. The summed E-state index contributed by atoms with van der Waals surface area (Å²) in [6.45, 7) is 4.94. The van der Waals surface area contributed by atoms with Gasteiger partial charge in [-0.1, -0.05) is 12.8 Å². The zero-order chi connectivity index (χ0) is 13.8. The fourth-order valence-electron chi connectivity index (χ4n) is 3.52. The van der Waals surface area contributed by atoms with E-state index in [-0.39, 0.29) is 0 Å². The van der Waals surface area contributed by atoms with Crippen LogP contribution in [0.4, 0.5) is 5.69 Å². The van der Waals surface area contributed by atoms with Crippen molar-refractivity contribution in [3.63, 3.8) is 0 Å². The highest BCUT2D eigenvalue weighted by Crippen LogP contribution is 2.25. The van der Waals surface area contributed by atoms with E-state index in [1.54, 1.807) is 0 Å². The van der Waals surface area contributed by atoms with Gasteiger partial charge < -0.3 is 4.90 Å². The van der Waals surface area contributed by atoms with Gasteiger partial charge in [-0.25, -0.2) is 0 Å². The van der Waals surface area contributed by atoms with Gasteiger partial charge in [0.2, 0.25) is 0 Å². The maximum atomic E-state index is 4.31. The SMILES string of the molecule is Brc1cncc(N2CCCC(N3CCCCCC3)C2)c1. The molecule has 1 atom stereocenters. The molecule has 0 aromatic carbocycles. The molecule has 20 heavy (non-hydrogen) atoms. The second-order valence-electron chi connectivity index (χ2n) is 6.05. The smallest absolute Gasteiger partial charge is 0.0564 e. The van der Waals surface area contributed by atoms with Crippen LogP contribution >= 0.6 is 15.9 Å². The van der Waals surface area contributed by atoms with Gasteiger partial charge >= 0.3 is 0 Å². The molecular formula is C16H24BrN3. The minimum atomic E-state index is 0.737. The summed E-state index contributed by atoms with van der Waals surface area (Å²) in [7, 11) is 0. The fourth-order valence-corrected chi connectivity index (χ4v) is 3.87. The number of hydrogen-bond donors (Lipinski definition) is 0. The molecule has 0 bridgehead atoms. The highest BCUT2D eigenvalue weighted by atomic mass is 79.9. The number of anilines is 1. The molecule has 1 aromatic rings. The largest absolute Gasteiger partial charge is 0.369 e. The lowest BCUT2D eigenvalue weighted by Gasteiger charge is -2.40. The minimum Gasteiger partial charge on any atom is -0.369 e. The molecule has 0 radical (unpaired) electrons. The van der Waals surface area contributed by atoms with E-state index in [1.807, 2.05) is 12.4 Å². The summed E-state index contributed by atoms with van der Waals surface area (Å²) in [4.78, 5) is 9.56. The molecule has 0 aliphatic carbocycles. The van der Waals surface area contributed by atoms with Gasteiger partial charge in [-0.2, -0.15) is 0 Å². The first-order valence-corrected chi connectivity index (χ1v) is 8.72. The highest BCUT2D eigenvalue weighted by Gasteiger charge is 2.26. The number of nitrogens with zero attached hydrogens (tertiary/aromatic N) is 3. The average molecular weight is 338 g/mol. The summed E-state index contributed by atoms with van der Waals surface area (Å²) < 4.78 is 1.08. The number of hydrogen-bond acceptors (Lipinski definition) is 3. The van der Waals surface area contributed by atoms with Crippen molar-refractivity contribution < 1.29 is 0 Å². The quantitative estimate of drug-likeness (QED) is 0.820. The van der Waals surface area contributed by atoms with Crippen LogP contribution in [0, 0.1) is 0 Å². The Bertz CT molecular complexity index is 429. The van der Waals surface area contributed by atoms with Crippen molar-refractivity contribution in [3.05, 3.63) is 22.9 Å². The summed E-state index contributed by atoms with van der Waals surface area (Å²) in [5.74, 6) is 0. The summed E-state index contributed by atoms with van der Waals surface area (Å²) >= 11 is 3.53. The van der Waals surface area contributed by atoms with Gasteiger partial charge in [0.15, 0.2) is 0 Å². The van der Waals surface area contributed by atoms with Crippen LogP contribution in [-0.2, 0) is 0 Å². The average Bonchev–Trinajstić information content (AvgIpc) is 2.76. The standard InChI is InChI=1S/C16H24BrN3/c17-14-10-16(12-18-11-14)20-9-5-6-15(13-20)19-7-3-1-2-4-8-19/h10-12,15H,1-9,13H2. The van der Waals surface area contributed by atoms with E-state index in [0.717, 1.165) is 17.1 Å². The van der Waals surface area contributed by atoms with Crippen LogP contribution in [0.1, 0.15) is 38.5 Å². The van der Waals surface area contributed by atoms with E-state index in [0.29, 0.717) is 0 Å². The van der Waals surface area contributed by atoms with Crippen molar-refractivity contribution in [3.8, 4) is 0 Å². The van der Waals surface area contributed by atoms with Crippen LogP contribution < -0.4 is 4.90 Å². The van der Waals surface area contributed by atoms with Crippen LogP contribution in [0.5, 0.6) is 0 Å². The van der Waals surface area contributed by atoms with Gasteiger partial charge in [0, 0.05) is 29.8 Å². The van der Waals surface area contributed by atoms with Crippen LogP contribution in [0.2, 0.25) is 0 Å². The Balaban J connectivity index is 1.66. The summed E-state index contributed by atoms with van der Waals surface area (Å²) in [5.41, 5.74) is 1.26. The Morgan fingerprint density at radius 3 is 2.55 bits per heavy atom. The molecule has 2 aliphatic heterocycles. The molecule has 2 fully saturated rings. The fraction of sp³-hybridized carbons (Fsp3) is 0.688. The lowest BCUT2D eigenvalue weighted by Crippen LogP contribution is -2.48. The Morgan fingerprint density at radius 1 is 1.00 bits per heavy atom. The van der Waals surface area contributed by atoms with Crippen molar-refractivity contribution in [1.29, 1.82) is 0 Å². The van der Waals surface area contributed by atoms with Gasteiger partial charge in [0.05, 0.1) is 11.9 Å². The molecule has 1 aromatic heterocycles. The van der Waals surface area contributed by atoms with Crippen molar-refractivity contribution in [2.75, 3.05) is 31.1 Å². The van der Waals surface area contributed by atoms with Crippen LogP contribution in [0.3, 0.4) is 0 Å². The Kier molecular flexibility index (Phi) is 4.94. The van der Waals surface area contributed by atoms with Gasteiger partial charge in [-0.3, -0.25) is 9.88 Å². The van der Waals surface area contributed by atoms with E-state index in [4.69, 9.17) is 0 Å². The van der Waals surface area contributed by atoms with Crippen molar-refractivity contribution in [1.82, 2.24) is 9.88 Å². The van der Waals surface area contributed by atoms with Crippen LogP contribution in [0.15, 0.2) is 22.9 Å². The monoisotopic (exact) mass is 337 g/mol. The van der Waals surface area contributed by atoms with Crippen molar-refractivity contribution in [2.24, 2.45) is 0 Å². The number of pyridine rings is 1. The van der Waals surface area contributed by atoms with Gasteiger partial charge in [0.1, 0.15) is 0 Å². The molecule has 3 rings (SSSR count). The summed E-state index contributed by atoms with van der Waals surface area (Å²) in [6, 6.07) is 2.93. The molecule has 0 N–H and O–H groups in total. The van der Waals surface area contributed by atoms with Crippen molar-refractivity contribution >= 4 is 21.6 Å². The molecule has 4 heteroatoms. The van der Waals surface area contributed by atoms with E-state index in [1.165, 1.54) is 63.8 Å². The molecular weight excluding hydrogens is 314 g/mol. The van der Waals surface area contributed by atoms with Gasteiger partial charge in [-0.15, -0.1) is 0 Å². The second kappa shape index (κ2) is 6.90. The highest BCUT2D eigenvalue weighted by molar-refractivity contribution is 9.10. The molecule has 2 saturated heterocycles. The normalized spacial score (nSPS) is 25.4. The lowest BCUT2D eigenvalue weighted by atomic mass is 10.0. The van der Waals surface area contributed by atoms with Crippen LogP contribution in [-0.4, -0.2) is 42.1 Å². The third-order valence-electron chi connectivity index (χ3n) is 4.61. The topological polar surface area (TPSA) is 19.4 Å². The van der Waals surface area contributed by atoms with Gasteiger partial charge in [-0.05, 0) is 60.8 Å². The lowest BCUT2D eigenvalue weighted by molar-refractivity contribution is 0.182. The first kappa shape index (κ1) is 14.3. The maximum absolute atomic E-state index is 4.31. The first-order chi connectivity index (χ1) is 9.83. The number of likely N-dealkylation sites (tertiary alicyclic amines) is 1. The Hall–Kier alpha value is -0.610. The zero-order valence-electron chi connectivity index (χ0n) is 12.1. The maximum Gasteiger partial charge on any atom is 0.0564 e. The number of aromatic nitrogens is 1. The third-order valence-corrected chi connectivity index (χ3v) is 5.04. The van der Waals surface area contributed by atoms with Crippen LogP contribution in [0.25, 0.3) is 0 Å². The van der Waals surface area contributed by atoms with E-state index in [9.17, 15) is 0 Å². The molecule has 3 nitrogen and oxygen atoms in total. The van der Waals surface area contributed by atoms with E-state index in [2.05, 4.69) is 36.8 Å². The molecule has 0 saturated carbocycles. The Morgan fingerprint density at radius 2 is 1.80 bits per heavy atom. The molecule has 110 valence electrons. The Labute approximate surface area is 130 Å². The van der Waals surface area contributed by atoms with Gasteiger partial charge in [0.25, 0.3) is 0 Å². The number of piperidine rings is 1. The third kappa shape index (κ3) is 3.53.